The standard InChI is InChI=1S/C11H14FNO3/c1-7(6-14)13(2)10-8(11(15)16)4-3-5-9(10)12/h3-5,7,14H,6H2,1-2H3,(H,15,16). The summed E-state index contributed by atoms with van der Waals surface area (Å²) in [7, 11) is 1.55. The number of aliphatic hydroxyl groups excluding tert-OH is 1. The molecule has 4 nitrogen and oxygen atoms in total. The maximum Gasteiger partial charge on any atom is 0.337 e. The van der Waals surface area contributed by atoms with Crippen LogP contribution in [0.25, 0.3) is 0 Å². The molecule has 1 aromatic rings. The third-order valence-electron chi connectivity index (χ3n) is 2.50. The molecule has 0 fully saturated rings. The Kier molecular flexibility index (Phi) is 3.84. The predicted octanol–water partition coefficient (Wildman–Crippen LogP) is 1.34. The number of carbonyl (C=O) groups is 1. The Morgan fingerprint density at radius 1 is 1.56 bits per heavy atom. The molecule has 0 aliphatic heterocycles. The van der Waals surface area contributed by atoms with Crippen LogP contribution in [-0.4, -0.2) is 35.9 Å². The molecule has 0 aliphatic rings. The molecule has 1 rings (SSSR count). The highest BCUT2D eigenvalue weighted by Crippen LogP contribution is 2.25. The first kappa shape index (κ1) is 12.4. The van der Waals surface area contributed by atoms with E-state index in [1.165, 1.54) is 23.1 Å². The SMILES string of the molecule is CC(CO)N(C)c1c(F)cccc1C(=O)O. The van der Waals surface area contributed by atoms with Crippen LogP contribution in [0.2, 0.25) is 0 Å². The number of carboxylic acid groups (broad SMARTS) is 1. The average molecular weight is 227 g/mol. The van der Waals surface area contributed by atoms with Crippen molar-refractivity contribution in [2.45, 2.75) is 13.0 Å². The van der Waals surface area contributed by atoms with E-state index in [1.807, 2.05) is 0 Å². The second-order valence-electron chi connectivity index (χ2n) is 3.58. The highest BCUT2D eigenvalue weighted by atomic mass is 19.1. The number of likely N-dealkylation sites (N-methyl/N-ethyl adjacent to an activating group) is 1. The van der Waals surface area contributed by atoms with Crippen LogP contribution in [0, 0.1) is 5.82 Å². The van der Waals surface area contributed by atoms with Crippen LogP contribution < -0.4 is 4.90 Å². The summed E-state index contributed by atoms with van der Waals surface area (Å²) in [6.45, 7) is 1.50. The third-order valence-corrected chi connectivity index (χ3v) is 2.50. The van der Waals surface area contributed by atoms with Crippen molar-refractivity contribution >= 4 is 11.7 Å². The minimum atomic E-state index is -1.19. The number of aromatic carboxylic acids is 1. The first-order chi connectivity index (χ1) is 7.49. The fourth-order valence-corrected chi connectivity index (χ4v) is 1.39. The van der Waals surface area contributed by atoms with Gasteiger partial charge in [0.15, 0.2) is 0 Å². The molecule has 16 heavy (non-hydrogen) atoms. The molecule has 0 bridgehead atoms. The van der Waals surface area contributed by atoms with Crippen LogP contribution in [0.3, 0.4) is 0 Å². The average Bonchev–Trinajstić information content (AvgIpc) is 2.26. The van der Waals surface area contributed by atoms with E-state index in [9.17, 15) is 9.18 Å². The summed E-state index contributed by atoms with van der Waals surface area (Å²) in [5, 5.41) is 17.9. The van der Waals surface area contributed by atoms with Gasteiger partial charge in [-0.1, -0.05) is 6.07 Å². The van der Waals surface area contributed by atoms with E-state index in [4.69, 9.17) is 10.2 Å². The number of aliphatic hydroxyl groups is 1. The van der Waals surface area contributed by atoms with Crippen LogP contribution in [0.1, 0.15) is 17.3 Å². The zero-order valence-corrected chi connectivity index (χ0v) is 9.14. The largest absolute Gasteiger partial charge is 0.478 e. The maximum absolute atomic E-state index is 13.6. The molecule has 88 valence electrons. The Balaban J connectivity index is 3.24. The molecule has 0 heterocycles. The smallest absolute Gasteiger partial charge is 0.337 e. The van der Waals surface area contributed by atoms with Gasteiger partial charge in [-0.15, -0.1) is 0 Å². The van der Waals surface area contributed by atoms with Crippen LogP contribution in [0.4, 0.5) is 10.1 Å². The Hall–Kier alpha value is -1.62. The topological polar surface area (TPSA) is 60.8 Å². The lowest BCUT2D eigenvalue weighted by atomic mass is 10.1. The molecule has 0 saturated heterocycles. The van der Waals surface area contributed by atoms with Gasteiger partial charge in [0.25, 0.3) is 0 Å². The molecular weight excluding hydrogens is 213 g/mol. The van der Waals surface area contributed by atoms with Crippen molar-refractivity contribution in [3.05, 3.63) is 29.6 Å². The number of hydrogen-bond donors (Lipinski definition) is 2. The molecular formula is C11H14FNO3. The van der Waals surface area contributed by atoms with Crippen molar-refractivity contribution in [3.8, 4) is 0 Å². The summed E-state index contributed by atoms with van der Waals surface area (Å²) >= 11 is 0. The monoisotopic (exact) mass is 227 g/mol. The van der Waals surface area contributed by atoms with Gasteiger partial charge < -0.3 is 15.1 Å². The molecule has 0 radical (unpaired) electrons. The van der Waals surface area contributed by atoms with Gasteiger partial charge in [0.1, 0.15) is 5.82 Å². The molecule has 1 unspecified atom stereocenters. The number of para-hydroxylation sites is 1. The van der Waals surface area contributed by atoms with Gasteiger partial charge >= 0.3 is 5.97 Å². The normalized spacial score (nSPS) is 12.2. The summed E-state index contributed by atoms with van der Waals surface area (Å²) in [5.41, 5.74) is -0.112. The quantitative estimate of drug-likeness (QED) is 0.814. The summed E-state index contributed by atoms with van der Waals surface area (Å²) in [6.07, 6.45) is 0. The van der Waals surface area contributed by atoms with Crippen molar-refractivity contribution in [1.82, 2.24) is 0 Å². The molecule has 1 atom stereocenters. The lowest BCUT2D eigenvalue weighted by molar-refractivity contribution is 0.0697. The lowest BCUT2D eigenvalue weighted by Crippen LogP contribution is -2.33. The number of rotatable bonds is 4. The minimum Gasteiger partial charge on any atom is -0.478 e. The van der Waals surface area contributed by atoms with Crippen molar-refractivity contribution in [2.75, 3.05) is 18.6 Å². The van der Waals surface area contributed by atoms with Crippen molar-refractivity contribution in [2.24, 2.45) is 0 Å². The van der Waals surface area contributed by atoms with Crippen LogP contribution >= 0.6 is 0 Å². The fourth-order valence-electron chi connectivity index (χ4n) is 1.39. The lowest BCUT2D eigenvalue weighted by Gasteiger charge is -2.27. The van der Waals surface area contributed by atoms with Crippen LogP contribution in [-0.2, 0) is 0 Å². The molecule has 0 aliphatic carbocycles. The van der Waals surface area contributed by atoms with Crippen LogP contribution in [0.5, 0.6) is 0 Å². The minimum absolute atomic E-state index is 0.00319. The number of halogens is 1. The molecule has 5 heteroatoms. The number of benzene rings is 1. The molecule has 0 aromatic heterocycles. The van der Waals surface area contributed by atoms with Gasteiger partial charge in [-0.3, -0.25) is 0 Å². The van der Waals surface area contributed by atoms with Gasteiger partial charge in [-0.05, 0) is 19.1 Å². The Labute approximate surface area is 92.9 Å². The van der Waals surface area contributed by atoms with E-state index in [1.54, 1.807) is 14.0 Å². The van der Waals surface area contributed by atoms with Crippen molar-refractivity contribution in [3.63, 3.8) is 0 Å². The number of nitrogens with zero attached hydrogens (tertiary/aromatic N) is 1. The maximum atomic E-state index is 13.6. The number of hydrogen-bond acceptors (Lipinski definition) is 3. The number of carboxylic acids is 1. The molecule has 0 saturated carbocycles. The molecule has 0 spiro atoms. The summed E-state index contributed by atoms with van der Waals surface area (Å²) in [5.74, 6) is -1.80. The summed E-state index contributed by atoms with van der Waals surface area (Å²) in [4.78, 5) is 12.3. The van der Waals surface area contributed by atoms with E-state index >= 15 is 0 Å². The van der Waals surface area contributed by atoms with Gasteiger partial charge in [-0.2, -0.15) is 0 Å². The molecule has 0 amide bonds. The Morgan fingerprint density at radius 3 is 2.69 bits per heavy atom. The summed E-state index contributed by atoms with van der Waals surface area (Å²) < 4.78 is 13.6. The van der Waals surface area contributed by atoms with E-state index in [2.05, 4.69) is 0 Å². The Morgan fingerprint density at radius 2 is 2.19 bits per heavy atom. The van der Waals surface area contributed by atoms with Gasteiger partial charge in [-0.25, -0.2) is 9.18 Å². The second kappa shape index (κ2) is 4.94. The zero-order valence-electron chi connectivity index (χ0n) is 9.14. The van der Waals surface area contributed by atoms with E-state index in [-0.39, 0.29) is 23.9 Å². The van der Waals surface area contributed by atoms with Crippen molar-refractivity contribution in [1.29, 1.82) is 0 Å². The molecule has 2 N–H and O–H groups in total. The van der Waals surface area contributed by atoms with Gasteiger partial charge in [0, 0.05) is 13.1 Å². The second-order valence-corrected chi connectivity index (χ2v) is 3.58. The highest BCUT2D eigenvalue weighted by Gasteiger charge is 2.20. The van der Waals surface area contributed by atoms with Gasteiger partial charge in [0.05, 0.1) is 17.9 Å². The fraction of sp³-hybridized carbons (Fsp3) is 0.364. The third kappa shape index (κ3) is 2.30. The Bertz CT molecular complexity index is 395. The van der Waals surface area contributed by atoms with Crippen LogP contribution in [0.15, 0.2) is 18.2 Å². The highest BCUT2D eigenvalue weighted by molar-refractivity contribution is 5.94. The summed E-state index contributed by atoms with van der Waals surface area (Å²) in [6, 6.07) is 3.53. The number of anilines is 1. The van der Waals surface area contributed by atoms with E-state index in [0.29, 0.717) is 0 Å². The van der Waals surface area contributed by atoms with Crippen molar-refractivity contribution < 1.29 is 19.4 Å². The first-order valence-corrected chi connectivity index (χ1v) is 4.84. The van der Waals surface area contributed by atoms with E-state index < -0.39 is 11.8 Å². The van der Waals surface area contributed by atoms with E-state index in [0.717, 1.165) is 0 Å². The molecule has 1 aromatic carbocycles. The van der Waals surface area contributed by atoms with Gasteiger partial charge in [0.2, 0.25) is 0 Å². The first-order valence-electron chi connectivity index (χ1n) is 4.84. The zero-order chi connectivity index (χ0) is 12.3. The predicted molar refractivity (Wildman–Crippen MR) is 58.3 cm³/mol.